The van der Waals surface area contributed by atoms with E-state index in [0.717, 1.165) is 18.5 Å². The van der Waals surface area contributed by atoms with Gasteiger partial charge in [0.25, 0.3) is 0 Å². The molecule has 18 heavy (non-hydrogen) atoms. The third-order valence-corrected chi connectivity index (χ3v) is 5.53. The Morgan fingerprint density at radius 2 is 1.72 bits per heavy atom. The van der Waals surface area contributed by atoms with Gasteiger partial charge in [0, 0.05) is 12.6 Å². The fourth-order valence-corrected chi connectivity index (χ4v) is 3.59. The Morgan fingerprint density at radius 3 is 2.17 bits per heavy atom. The quantitative estimate of drug-likeness (QED) is 0.748. The smallest absolute Gasteiger partial charge is 0.0223 e. The molecule has 0 amide bonds. The van der Waals surface area contributed by atoms with Crippen LogP contribution in [0.1, 0.15) is 59.3 Å². The zero-order valence-electron chi connectivity index (χ0n) is 12.7. The van der Waals surface area contributed by atoms with Crippen molar-refractivity contribution in [2.75, 3.05) is 26.2 Å². The van der Waals surface area contributed by atoms with Crippen molar-refractivity contribution in [2.24, 2.45) is 11.3 Å². The highest BCUT2D eigenvalue weighted by atomic mass is 15.2. The molecule has 1 atom stereocenters. The average Bonchev–Trinajstić information content (AvgIpc) is 3.24. The highest BCUT2D eigenvalue weighted by Gasteiger charge is 2.35. The molecule has 0 bridgehead atoms. The van der Waals surface area contributed by atoms with E-state index < -0.39 is 0 Å². The summed E-state index contributed by atoms with van der Waals surface area (Å²) in [5.41, 5.74) is 0.670. The third kappa shape index (κ3) is 3.48. The summed E-state index contributed by atoms with van der Waals surface area (Å²) < 4.78 is 0. The second-order valence-corrected chi connectivity index (χ2v) is 6.51. The van der Waals surface area contributed by atoms with Crippen LogP contribution >= 0.6 is 0 Å². The number of likely N-dealkylation sites (N-methyl/N-ethyl adjacent to an activating group) is 1. The first kappa shape index (κ1) is 14.3. The highest BCUT2D eigenvalue weighted by molar-refractivity contribution is 4.91. The van der Waals surface area contributed by atoms with Gasteiger partial charge in [-0.1, -0.05) is 33.6 Å². The molecule has 1 aliphatic heterocycles. The summed E-state index contributed by atoms with van der Waals surface area (Å²) in [6.45, 7) is 12.1. The Balaban J connectivity index is 1.78. The van der Waals surface area contributed by atoms with Gasteiger partial charge >= 0.3 is 0 Å². The maximum absolute atomic E-state index is 3.70. The molecule has 1 unspecified atom stereocenters. The van der Waals surface area contributed by atoms with E-state index in [1.807, 2.05) is 0 Å². The van der Waals surface area contributed by atoms with Crippen molar-refractivity contribution in [3.8, 4) is 0 Å². The summed E-state index contributed by atoms with van der Waals surface area (Å²) in [6, 6.07) is 0.769. The van der Waals surface area contributed by atoms with Crippen molar-refractivity contribution in [1.82, 2.24) is 10.2 Å². The molecule has 1 saturated heterocycles. The number of likely N-dealkylation sites (tertiary alicyclic amines) is 1. The summed E-state index contributed by atoms with van der Waals surface area (Å²) >= 11 is 0. The van der Waals surface area contributed by atoms with Crippen LogP contribution in [0.2, 0.25) is 0 Å². The van der Waals surface area contributed by atoms with Crippen LogP contribution in [0.15, 0.2) is 0 Å². The van der Waals surface area contributed by atoms with E-state index in [2.05, 4.69) is 31.0 Å². The molecule has 2 nitrogen and oxygen atoms in total. The van der Waals surface area contributed by atoms with Crippen LogP contribution in [0, 0.1) is 11.3 Å². The monoisotopic (exact) mass is 252 g/mol. The van der Waals surface area contributed by atoms with E-state index in [1.54, 1.807) is 0 Å². The number of nitrogens with zero attached hydrogens (tertiary/aromatic N) is 1. The normalized spacial score (nSPS) is 26.2. The minimum absolute atomic E-state index is 0.670. The number of rotatable bonds is 7. The molecule has 2 aliphatic rings. The van der Waals surface area contributed by atoms with Gasteiger partial charge in [0.15, 0.2) is 0 Å². The predicted octanol–water partition coefficient (Wildman–Crippen LogP) is 3.28. The van der Waals surface area contributed by atoms with E-state index >= 15 is 0 Å². The van der Waals surface area contributed by atoms with Gasteiger partial charge in [-0.05, 0) is 56.7 Å². The average molecular weight is 252 g/mol. The number of hydrogen-bond acceptors (Lipinski definition) is 2. The minimum atomic E-state index is 0.670. The molecule has 106 valence electrons. The topological polar surface area (TPSA) is 15.3 Å². The molecule has 1 aliphatic carbocycles. The Hall–Kier alpha value is -0.0800. The Bertz CT molecular complexity index is 233. The van der Waals surface area contributed by atoms with Crippen molar-refractivity contribution >= 4 is 0 Å². The molecule has 0 aromatic carbocycles. The molecular formula is C16H32N2. The van der Waals surface area contributed by atoms with E-state index in [0.29, 0.717) is 5.41 Å². The van der Waals surface area contributed by atoms with Gasteiger partial charge in [0.1, 0.15) is 0 Å². The lowest BCUT2D eigenvalue weighted by Gasteiger charge is -2.42. The summed E-state index contributed by atoms with van der Waals surface area (Å²) in [4.78, 5) is 2.72. The third-order valence-electron chi connectivity index (χ3n) is 5.53. The Labute approximate surface area is 114 Å². The zero-order chi connectivity index (χ0) is 13.0. The predicted molar refractivity (Wildman–Crippen MR) is 78.9 cm³/mol. The van der Waals surface area contributed by atoms with Gasteiger partial charge in [-0.25, -0.2) is 0 Å². The first-order valence-electron chi connectivity index (χ1n) is 8.18. The molecule has 0 aromatic rings. The number of hydrogen-bond donors (Lipinski definition) is 1. The van der Waals surface area contributed by atoms with Crippen molar-refractivity contribution in [1.29, 1.82) is 0 Å². The van der Waals surface area contributed by atoms with Crippen LogP contribution in [-0.2, 0) is 0 Å². The van der Waals surface area contributed by atoms with Gasteiger partial charge in [0.05, 0.1) is 0 Å². The number of nitrogens with one attached hydrogen (secondary N) is 1. The number of piperidine rings is 1. The van der Waals surface area contributed by atoms with Crippen molar-refractivity contribution in [2.45, 2.75) is 65.3 Å². The van der Waals surface area contributed by atoms with Crippen LogP contribution in [0.25, 0.3) is 0 Å². The Kier molecular flexibility index (Phi) is 5.08. The maximum atomic E-state index is 3.70. The van der Waals surface area contributed by atoms with E-state index in [1.165, 1.54) is 58.2 Å². The molecule has 1 heterocycles. The molecule has 2 rings (SSSR count). The molecule has 0 radical (unpaired) electrons. The molecular weight excluding hydrogens is 220 g/mol. The zero-order valence-corrected chi connectivity index (χ0v) is 12.7. The maximum Gasteiger partial charge on any atom is 0.0223 e. The molecule has 2 fully saturated rings. The molecule has 2 heteroatoms. The lowest BCUT2D eigenvalue weighted by molar-refractivity contribution is 0.0866. The first-order chi connectivity index (χ1) is 8.73. The molecule has 1 saturated carbocycles. The minimum Gasteiger partial charge on any atom is -0.313 e. The van der Waals surface area contributed by atoms with Crippen molar-refractivity contribution in [3.05, 3.63) is 0 Å². The fraction of sp³-hybridized carbons (Fsp3) is 1.00. The van der Waals surface area contributed by atoms with Gasteiger partial charge in [-0.3, -0.25) is 0 Å². The van der Waals surface area contributed by atoms with Crippen molar-refractivity contribution < 1.29 is 0 Å². The van der Waals surface area contributed by atoms with Crippen LogP contribution in [0.3, 0.4) is 0 Å². The summed E-state index contributed by atoms with van der Waals surface area (Å²) in [7, 11) is 0. The van der Waals surface area contributed by atoms with Crippen LogP contribution in [-0.4, -0.2) is 37.1 Å². The van der Waals surface area contributed by atoms with E-state index in [-0.39, 0.29) is 0 Å². The van der Waals surface area contributed by atoms with Crippen LogP contribution in [0.5, 0.6) is 0 Å². The lowest BCUT2D eigenvalue weighted by Crippen LogP contribution is -2.47. The fourth-order valence-electron chi connectivity index (χ4n) is 3.59. The second kappa shape index (κ2) is 6.38. The highest BCUT2D eigenvalue weighted by Crippen LogP contribution is 2.39. The van der Waals surface area contributed by atoms with E-state index in [4.69, 9.17) is 0 Å². The van der Waals surface area contributed by atoms with Gasteiger partial charge in [0.2, 0.25) is 0 Å². The largest absolute Gasteiger partial charge is 0.313 e. The standard InChI is InChI=1S/C16H32N2/c1-4-16(5-2)9-11-18(12-10-16)13-15(17-6-3)14-7-8-14/h14-15,17H,4-13H2,1-3H3. The van der Waals surface area contributed by atoms with Gasteiger partial charge in [-0.15, -0.1) is 0 Å². The van der Waals surface area contributed by atoms with Gasteiger partial charge in [-0.2, -0.15) is 0 Å². The lowest BCUT2D eigenvalue weighted by atomic mass is 9.74. The van der Waals surface area contributed by atoms with Gasteiger partial charge < -0.3 is 10.2 Å². The van der Waals surface area contributed by atoms with Crippen LogP contribution < -0.4 is 5.32 Å². The molecule has 0 aromatic heterocycles. The second-order valence-electron chi connectivity index (χ2n) is 6.51. The first-order valence-corrected chi connectivity index (χ1v) is 8.18. The summed E-state index contributed by atoms with van der Waals surface area (Å²) in [6.07, 6.45) is 8.50. The van der Waals surface area contributed by atoms with Crippen molar-refractivity contribution in [3.63, 3.8) is 0 Å². The van der Waals surface area contributed by atoms with E-state index in [9.17, 15) is 0 Å². The summed E-state index contributed by atoms with van der Waals surface area (Å²) in [5, 5.41) is 3.70. The summed E-state index contributed by atoms with van der Waals surface area (Å²) in [5.74, 6) is 0.981. The molecule has 1 N–H and O–H groups in total. The Morgan fingerprint density at radius 1 is 1.11 bits per heavy atom. The SMILES string of the molecule is CCNC(CN1CCC(CC)(CC)CC1)C1CC1. The van der Waals surface area contributed by atoms with Crippen LogP contribution in [0.4, 0.5) is 0 Å². The molecule has 0 spiro atoms.